The summed E-state index contributed by atoms with van der Waals surface area (Å²) in [4.78, 5) is 8.78. The molecule has 0 saturated heterocycles. The Morgan fingerprint density at radius 1 is 1.35 bits per heavy atom. The quantitative estimate of drug-likeness (QED) is 0.466. The van der Waals surface area contributed by atoms with Crippen molar-refractivity contribution in [3.8, 4) is 0 Å². The summed E-state index contributed by atoms with van der Waals surface area (Å²) in [5.41, 5.74) is -0.129. The molecule has 1 aromatic rings. The number of rotatable bonds is 4. The van der Waals surface area contributed by atoms with E-state index in [0.29, 0.717) is 24.3 Å². The fourth-order valence-corrected chi connectivity index (χ4v) is 1.37. The molecular weight excluding hydrogens is 369 g/mol. The van der Waals surface area contributed by atoms with Crippen molar-refractivity contribution in [1.29, 1.82) is 0 Å². The molecule has 0 radical (unpaired) electrons. The van der Waals surface area contributed by atoms with Crippen LogP contribution in [0.2, 0.25) is 0 Å². The molecule has 0 atom stereocenters. The van der Waals surface area contributed by atoms with Crippen LogP contribution in [-0.2, 0) is 12.0 Å². The molecule has 0 bridgehead atoms. The first kappa shape index (κ1) is 19.1. The molecule has 1 rings (SSSR count). The summed E-state index contributed by atoms with van der Waals surface area (Å²) in [6.07, 6.45) is 0. The average molecular weight is 395 g/mol. The van der Waals surface area contributed by atoms with Crippen molar-refractivity contribution in [2.45, 2.75) is 59.5 Å². The average Bonchev–Trinajstić information content (AvgIpc) is 2.73. The number of nitrogens with one attached hydrogen (secondary N) is 2. The molecule has 1 aromatic heterocycles. The van der Waals surface area contributed by atoms with Crippen LogP contribution in [-0.4, -0.2) is 28.7 Å². The Bertz CT molecular complexity index is 423. The molecule has 0 fully saturated rings. The zero-order valence-corrected chi connectivity index (χ0v) is 15.5. The van der Waals surface area contributed by atoms with E-state index >= 15 is 0 Å². The third-order valence-electron chi connectivity index (χ3n) is 2.26. The predicted molar refractivity (Wildman–Crippen MR) is 91.5 cm³/mol. The lowest BCUT2D eigenvalue weighted by molar-refractivity contribution is 0.318. The zero-order chi connectivity index (χ0) is 14.5. The summed E-state index contributed by atoms with van der Waals surface area (Å²) in [5.74, 6) is 2.00. The van der Waals surface area contributed by atoms with Gasteiger partial charge in [-0.25, -0.2) is 4.99 Å². The van der Waals surface area contributed by atoms with Crippen LogP contribution in [0.3, 0.4) is 0 Å². The Labute approximate surface area is 138 Å². The van der Waals surface area contributed by atoms with Crippen molar-refractivity contribution in [3.05, 3.63) is 11.7 Å². The van der Waals surface area contributed by atoms with E-state index in [2.05, 4.69) is 39.6 Å². The van der Waals surface area contributed by atoms with Crippen LogP contribution in [0.4, 0.5) is 0 Å². The molecule has 0 aliphatic rings. The van der Waals surface area contributed by atoms with Crippen LogP contribution in [0.1, 0.15) is 53.3 Å². The van der Waals surface area contributed by atoms with Crippen LogP contribution in [0.25, 0.3) is 0 Å². The number of aliphatic imine (C=N–C) groups is 1. The van der Waals surface area contributed by atoms with Gasteiger partial charge in [-0.05, 0) is 20.8 Å². The Balaban J connectivity index is 0.00000361. The SMILES string of the molecule is CCNC(=NCc1noc(C(C)(C)C)n1)NC(C)C.I. The molecule has 20 heavy (non-hydrogen) atoms. The van der Waals surface area contributed by atoms with E-state index in [1.165, 1.54) is 0 Å². The van der Waals surface area contributed by atoms with Crippen molar-refractivity contribution < 1.29 is 4.52 Å². The number of guanidine groups is 1. The van der Waals surface area contributed by atoms with Gasteiger partial charge in [-0.3, -0.25) is 0 Å². The molecule has 0 spiro atoms. The van der Waals surface area contributed by atoms with Crippen LogP contribution in [0.5, 0.6) is 0 Å². The van der Waals surface area contributed by atoms with E-state index in [1.54, 1.807) is 0 Å². The van der Waals surface area contributed by atoms with E-state index in [9.17, 15) is 0 Å². The topological polar surface area (TPSA) is 75.3 Å². The fraction of sp³-hybridized carbons (Fsp3) is 0.769. The number of halogens is 1. The molecule has 0 saturated carbocycles. The Morgan fingerprint density at radius 3 is 2.45 bits per heavy atom. The highest BCUT2D eigenvalue weighted by Gasteiger charge is 2.21. The smallest absolute Gasteiger partial charge is 0.232 e. The van der Waals surface area contributed by atoms with Gasteiger partial charge in [0, 0.05) is 18.0 Å². The van der Waals surface area contributed by atoms with Crippen LogP contribution in [0, 0.1) is 0 Å². The first-order chi connectivity index (χ1) is 8.82. The maximum atomic E-state index is 5.23. The van der Waals surface area contributed by atoms with Gasteiger partial charge in [0.2, 0.25) is 5.89 Å². The molecule has 7 heteroatoms. The lowest BCUT2D eigenvalue weighted by atomic mass is 9.97. The molecular formula is C13H26IN5O. The second-order valence-electron chi connectivity index (χ2n) is 5.76. The van der Waals surface area contributed by atoms with Gasteiger partial charge in [0.05, 0.1) is 0 Å². The van der Waals surface area contributed by atoms with Crippen molar-refractivity contribution in [1.82, 2.24) is 20.8 Å². The van der Waals surface area contributed by atoms with E-state index in [1.807, 2.05) is 27.7 Å². The number of aromatic nitrogens is 2. The van der Waals surface area contributed by atoms with Gasteiger partial charge in [0.15, 0.2) is 11.8 Å². The third-order valence-corrected chi connectivity index (χ3v) is 2.26. The Kier molecular flexibility index (Phi) is 8.07. The number of hydrogen-bond acceptors (Lipinski definition) is 4. The third kappa shape index (κ3) is 6.53. The predicted octanol–water partition coefficient (Wildman–Crippen LogP) is 2.45. The summed E-state index contributed by atoms with van der Waals surface area (Å²) in [6.45, 7) is 13.5. The van der Waals surface area contributed by atoms with Gasteiger partial charge in [0.1, 0.15) is 6.54 Å². The highest BCUT2D eigenvalue weighted by Crippen LogP contribution is 2.19. The second-order valence-corrected chi connectivity index (χ2v) is 5.76. The largest absolute Gasteiger partial charge is 0.357 e. The number of nitrogens with zero attached hydrogens (tertiary/aromatic N) is 3. The summed E-state index contributed by atoms with van der Waals surface area (Å²) in [5, 5.41) is 10.4. The molecule has 116 valence electrons. The standard InChI is InChI=1S/C13H25N5O.HI/c1-7-14-12(16-9(2)3)15-8-10-17-11(19-18-10)13(4,5)6;/h9H,7-8H2,1-6H3,(H2,14,15,16);1H. The van der Waals surface area contributed by atoms with Gasteiger partial charge in [-0.15, -0.1) is 24.0 Å². The van der Waals surface area contributed by atoms with Gasteiger partial charge in [-0.1, -0.05) is 25.9 Å². The zero-order valence-electron chi connectivity index (χ0n) is 13.1. The summed E-state index contributed by atoms with van der Waals surface area (Å²) in [6, 6.07) is 0.327. The molecule has 2 N–H and O–H groups in total. The highest BCUT2D eigenvalue weighted by atomic mass is 127. The van der Waals surface area contributed by atoms with Crippen molar-refractivity contribution in [3.63, 3.8) is 0 Å². The molecule has 0 aliphatic heterocycles. The minimum absolute atomic E-state index is 0. The van der Waals surface area contributed by atoms with E-state index in [4.69, 9.17) is 4.52 Å². The summed E-state index contributed by atoms with van der Waals surface area (Å²) >= 11 is 0. The van der Waals surface area contributed by atoms with E-state index < -0.39 is 0 Å². The molecule has 1 heterocycles. The molecule has 6 nitrogen and oxygen atoms in total. The fourth-order valence-electron chi connectivity index (χ4n) is 1.37. The maximum Gasteiger partial charge on any atom is 0.232 e. The maximum absolute atomic E-state index is 5.23. The minimum atomic E-state index is -0.129. The van der Waals surface area contributed by atoms with Crippen LogP contribution >= 0.6 is 24.0 Å². The highest BCUT2D eigenvalue weighted by molar-refractivity contribution is 14.0. The monoisotopic (exact) mass is 395 g/mol. The first-order valence-electron chi connectivity index (χ1n) is 6.70. The lowest BCUT2D eigenvalue weighted by Crippen LogP contribution is -2.41. The van der Waals surface area contributed by atoms with Crippen molar-refractivity contribution >= 4 is 29.9 Å². The van der Waals surface area contributed by atoms with Gasteiger partial charge in [0.25, 0.3) is 0 Å². The molecule has 0 aliphatic carbocycles. The van der Waals surface area contributed by atoms with Gasteiger partial charge >= 0.3 is 0 Å². The van der Waals surface area contributed by atoms with Crippen molar-refractivity contribution in [2.24, 2.45) is 4.99 Å². The summed E-state index contributed by atoms with van der Waals surface area (Å²) < 4.78 is 5.23. The summed E-state index contributed by atoms with van der Waals surface area (Å²) in [7, 11) is 0. The Hall–Kier alpha value is -0.860. The van der Waals surface area contributed by atoms with Gasteiger partial charge < -0.3 is 15.2 Å². The minimum Gasteiger partial charge on any atom is -0.357 e. The van der Waals surface area contributed by atoms with E-state index in [-0.39, 0.29) is 29.4 Å². The molecule has 0 aromatic carbocycles. The van der Waals surface area contributed by atoms with Crippen LogP contribution < -0.4 is 10.6 Å². The molecule has 0 amide bonds. The van der Waals surface area contributed by atoms with Crippen LogP contribution in [0.15, 0.2) is 9.52 Å². The van der Waals surface area contributed by atoms with Crippen molar-refractivity contribution in [2.75, 3.05) is 6.54 Å². The normalized spacial score (nSPS) is 12.2. The van der Waals surface area contributed by atoms with E-state index in [0.717, 1.165) is 12.5 Å². The lowest BCUT2D eigenvalue weighted by Gasteiger charge is -2.13. The van der Waals surface area contributed by atoms with Gasteiger partial charge in [-0.2, -0.15) is 4.98 Å². The first-order valence-corrected chi connectivity index (χ1v) is 6.70. The Morgan fingerprint density at radius 2 is 2.00 bits per heavy atom. The molecule has 0 unspecified atom stereocenters. The number of hydrogen-bond donors (Lipinski definition) is 2. The second kappa shape index (κ2) is 8.43.